The van der Waals surface area contributed by atoms with Gasteiger partial charge in [0.2, 0.25) is 0 Å². The second-order valence-electron chi connectivity index (χ2n) is 10.4. The number of hydrogen-bond donors (Lipinski definition) is 1. The Hall–Kier alpha value is -3.50. The Morgan fingerprint density at radius 2 is 1.59 bits per heavy atom. The summed E-state index contributed by atoms with van der Waals surface area (Å²) >= 11 is 0. The van der Waals surface area contributed by atoms with E-state index in [1.165, 1.54) is 21.6 Å². The van der Waals surface area contributed by atoms with Gasteiger partial charge in [-0.2, -0.15) is 0 Å². The predicted molar refractivity (Wildman–Crippen MR) is 161 cm³/mol. The van der Waals surface area contributed by atoms with E-state index in [9.17, 15) is 14.4 Å². The molecule has 0 radical (unpaired) electrons. The lowest BCUT2D eigenvalue weighted by molar-refractivity contribution is -0.157. The average molecular weight is 595 g/mol. The lowest BCUT2D eigenvalue weighted by atomic mass is 9.98. The van der Waals surface area contributed by atoms with Crippen LogP contribution in [-0.2, 0) is 23.8 Å². The molecule has 41 heavy (non-hydrogen) atoms. The highest BCUT2D eigenvalue weighted by Crippen LogP contribution is 2.44. The molecule has 0 aliphatic heterocycles. The van der Waals surface area contributed by atoms with Crippen molar-refractivity contribution < 1.29 is 28.6 Å². The van der Waals surface area contributed by atoms with Crippen molar-refractivity contribution >= 4 is 39.6 Å². The van der Waals surface area contributed by atoms with Gasteiger partial charge in [0.15, 0.2) is 0 Å². The van der Waals surface area contributed by atoms with E-state index < -0.39 is 29.7 Å². The fourth-order valence-corrected chi connectivity index (χ4v) is 6.13. The number of aromatic nitrogens is 1. The molecule has 10 heteroatoms. The van der Waals surface area contributed by atoms with Crippen LogP contribution in [0, 0.1) is 0 Å². The maximum atomic E-state index is 12.9. The van der Waals surface area contributed by atoms with Gasteiger partial charge in [-0.3, -0.25) is 4.79 Å². The van der Waals surface area contributed by atoms with Gasteiger partial charge >= 0.3 is 18.0 Å². The van der Waals surface area contributed by atoms with E-state index in [0.29, 0.717) is 5.75 Å². The largest absolute Gasteiger partial charge is 0.465 e. The van der Waals surface area contributed by atoms with E-state index in [1.54, 1.807) is 27.0 Å². The number of pyridine rings is 1. The van der Waals surface area contributed by atoms with E-state index in [-0.39, 0.29) is 32.0 Å². The Bertz CT molecular complexity index is 1300. The van der Waals surface area contributed by atoms with Crippen molar-refractivity contribution in [3.63, 3.8) is 0 Å². The Kier molecular flexibility index (Phi) is 10.7. The number of benzene rings is 2. The molecule has 1 heterocycles. The first-order valence-electron chi connectivity index (χ1n) is 13.4. The molecule has 0 bridgehead atoms. The number of hydrogen-bond acceptors (Lipinski definition) is 9. The molecule has 0 spiro atoms. The maximum absolute atomic E-state index is 12.9. The first-order valence-corrected chi connectivity index (χ1v) is 15.7. The fourth-order valence-electron chi connectivity index (χ4n) is 4.43. The molecule has 0 saturated carbocycles. The molecule has 3 aromatic rings. The summed E-state index contributed by atoms with van der Waals surface area (Å²) in [6.07, 6.45) is 0.930. The Balaban J connectivity index is 1.28. The van der Waals surface area contributed by atoms with Gasteiger partial charge in [-0.15, -0.1) is 0 Å². The minimum Gasteiger partial charge on any atom is -0.465 e. The van der Waals surface area contributed by atoms with Gasteiger partial charge in [0.25, 0.3) is 0 Å². The van der Waals surface area contributed by atoms with Crippen LogP contribution in [0.1, 0.15) is 50.7 Å². The van der Waals surface area contributed by atoms with Crippen molar-refractivity contribution in [3.05, 3.63) is 84.1 Å². The first kappa shape index (κ1) is 30.5. The predicted octanol–water partition coefficient (Wildman–Crippen LogP) is 6.39. The molecule has 0 saturated heterocycles. The molecule has 4 rings (SSSR count). The van der Waals surface area contributed by atoms with Gasteiger partial charge in [-0.25, -0.2) is 14.6 Å². The molecule has 216 valence electrons. The van der Waals surface area contributed by atoms with Crippen LogP contribution in [0.25, 0.3) is 11.1 Å². The van der Waals surface area contributed by atoms with E-state index in [4.69, 9.17) is 14.2 Å². The highest BCUT2D eigenvalue weighted by atomic mass is 33.1. The number of ether oxygens (including phenoxy) is 3. The lowest BCUT2D eigenvalue weighted by Gasteiger charge is -2.24. The third kappa shape index (κ3) is 8.99. The summed E-state index contributed by atoms with van der Waals surface area (Å²) in [4.78, 5) is 42.3. The molecule has 8 nitrogen and oxygen atoms in total. The quantitative estimate of drug-likeness (QED) is 0.110. The summed E-state index contributed by atoms with van der Waals surface area (Å²) in [6, 6.07) is 20.7. The minimum absolute atomic E-state index is 0.0216. The van der Waals surface area contributed by atoms with Crippen LogP contribution >= 0.6 is 21.6 Å². The number of nitrogens with one attached hydrogen (secondary N) is 1. The number of fused-ring (bicyclic) bond motifs is 3. The van der Waals surface area contributed by atoms with Crippen molar-refractivity contribution in [1.29, 1.82) is 0 Å². The van der Waals surface area contributed by atoms with Crippen molar-refractivity contribution in [2.24, 2.45) is 0 Å². The Morgan fingerprint density at radius 3 is 2.22 bits per heavy atom. The molecule has 1 N–H and O–H groups in total. The fraction of sp³-hybridized carbons (Fsp3) is 0.355. The number of carbonyl (C=O) groups is 3. The number of nitrogens with zero attached hydrogens (tertiary/aromatic N) is 1. The van der Waals surface area contributed by atoms with E-state index in [0.717, 1.165) is 27.3 Å². The van der Waals surface area contributed by atoms with Crippen molar-refractivity contribution in [2.45, 2.75) is 56.2 Å². The molecule has 1 aliphatic rings. The molecule has 1 aliphatic carbocycles. The summed E-state index contributed by atoms with van der Waals surface area (Å²) in [7, 11) is 3.03. The van der Waals surface area contributed by atoms with Crippen LogP contribution in [0.15, 0.2) is 78.0 Å². The smallest absolute Gasteiger partial charge is 0.407 e. The summed E-state index contributed by atoms with van der Waals surface area (Å²) in [5, 5.41) is 3.48. The van der Waals surface area contributed by atoms with Gasteiger partial charge in [0.05, 0.1) is 0 Å². The standard InChI is InChI=1S/C31H34N2O6S2/c1-31(2,3)39-29(35)26(15-16-28(34)37-18-19-40-41-27-14-8-9-17-32-27)33-30(36)38-20-25-23-12-6-4-10-21(23)22-11-5-7-13-24(22)25/h4-14,17,25-26H,15-16,18-20H2,1-3H3,(H,33,36)/t26-/m0/s1. The monoisotopic (exact) mass is 594 g/mol. The molecular weight excluding hydrogens is 560 g/mol. The molecule has 0 fully saturated rings. The Morgan fingerprint density at radius 1 is 0.927 bits per heavy atom. The molecular formula is C31H34N2O6S2. The normalized spacial score (nSPS) is 13.0. The van der Waals surface area contributed by atoms with Gasteiger partial charge in [-0.1, -0.05) is 65.4 Å². The number of esters is 2. The number of alkyl carbamates (subject to hydrolysis) is 1. The van der Waals surface area contributed by atoms with E-state index >= 15 is 0 Å². The van der Waals surface area contributed by atoms with Crippen LogP contribution in [0.2, 0.25) is 0 Å². The van der Waals surface area contributed by atoms with E-state index in [1.807, 2.05) is 54.6 Å². The summed E-state index contributed by atoms with van der Waals surface area (Å²) in [5.74, 6) is -0.630. The van der Waals surface area contributed by atoms with E-state index in [2.05, 4.69) is 22.4 Å². The van der Waals surface area contributed by atoms with Gasteiger partial charge in [0, 0.05) is 24.3 Å². The van der Waals surface area contributed by atoms with Gasteiger partial charge < -0.3 is 19.5 Å². The highest BCUT2D eigenvalue weighted by Gasteiger charge is 2.31. The number of rotatable bonds is 12. The topological polar surface area (TPSA) is 104 Å². The molecule has 1 amide bonds. The summed E-state index contributed by atoms with van der Waals surface area (Å²) < 4.78 is 16.4. The lowest BCUT2D eigenvalue weighted by Crippen LogP contribution is -2.45. The zero-order valence-corrected chi connectivity index (χ0v) is 25.0. The molecule has 0 unspecified atom stereocenters. The van der Waals surface area contributed by atoms with Crippen molar-refractivity contribution in [3.8, 4) is 11.1 Å². The third-order valence-corrected chi connectivity index (χ3v) is 8.41. The Labute approximate surface area is 248 Å². The van der Waals surface area contributed by atoms with Crippen LogP contribution in [0.4, 0.5) is 4.79 Å². The zero-order valence-electron chi connectivity index (χ0n) is 23.3. The second-order valence-corrected chi connectivity index (χ2v) is 12.8. The maximum Gasteiger partial charge on any atom is 0.407 e. The third-order valence-electron chi connectivity index (χ3n) is 6.18. The van der Waals surface area contributed by atoms with Crippen molar-refractivity contribution in [2.75, 3.05) is 19.0 Å². The second kappa shape index (κ2) is 14.4. The first-order chi connectivity index (χ1) is 19.7. The molecule has 1 atom stereocenters. The number of amides is 1. The zero-order chi connectivity index (χ0) is 29.2. The molecule has 1 aromatic heterocycles. The summed E-state index contributed by atoms with van der Waals surface area (Å²) in [5.41, 5.74) is 3.65. The summed E-state index contributed by atoms with van der Waals surface area (Å²) in [6.45, 7) is 5.55. The molecule has 2 aromatic carbocycles. The van der Waals surface area contributed by atoms with Gasteiger partial charge in [-0.05, 0) is 72.4 Å². The minimum atomic E-state index is -1.06. The van der Waals surface area contributed by atoms with Gasteiger partial charge in [0.1, 0.15) is 29.9 Å². The van der Waals surface area contributed by atoms with Crippen molar-refractivity contribution in [1.82, 2.24) is 10.3 Å². The SMILES string of the molecule is CC(C)(C)OC(=O)[C@H](CCC(=O)OCCSSc1ccccn1)NC(=O)OCC1c2ccccc2-c2ccccc21. The van der Waals surface area contributed by atoms with Crippen LogP contribution in [0.3, 0.4) is 0 Å². The highest BCUT2D eigenvalue weighted by molar-refractivity contribution is 8.76. The number of carbonyl (C=O) groups excluding carboxylic acids is 3. The van der Waals surface area contributed by atoms with Crippen LogP contribution in [-0.4, -0.2) is 53.6 Å². The van der Waals surface area contributed by atoms with Crippen LogP contribution < -0.4 is 5.32 Å². The average Bonchev–Trinajstić information content (AvgIpc) is 3.27. The van der Waals surface area contributed by atoms with Crippen LogP contribution in [0.5, 0.6) is 0 Å².